The second-order valence-corrected chi connectivity index (χ2v) is 13.1. The number of anilines is 1. The minimum atomic E-state index is -0.192. The lowest BCUT2D eigenvalue weighted by Gasteiger charge is -2.24. The Bertz CT molecular complexity index is 1160. The van der Waals surface area contributed by atoms with Gasteiger partial charge in [0.15, 0.2) is 30.8 Å². The molecule has 1 aromatic heterocycles. The predicted molar refractivity (Wildman–Crippen MR) is 176 cm³/mol. The Morgan fingerprint density at radius 3 is 2.05 bits per heavy atom. The van der Waals surface area contributed by atoms with E-state index in [1.54, 1.807) is 11.3 Å². The number of thiazole rings is 1. The topological polar surface area (TPSA) is 51.4 Å². The predicted octanol–water partition coefficient (Wildman–Crippen LogP) is 6.48. The fourth-order valence-electron chi connectivity index (χ4n) is 5.08. The number of aromatic nitrogens is 1. The van der Waals surface area contributed by atoms with Crippen LogP contribution in [0.1, 0.15) is 116 Å². The van der Waals surface area contributed by atoms with Crippen LogP contribution in [-0.4, -0.2) is 19.1 Å². The second-order valence-electron chi connectivity index (χ2n) is 12.4. The molecular weight excluding hydrogens is 620 g/mol. The van der Waals surface area contributed by atoms with E-state index in [9.17, 15) is 4.79 Å². The van der Waals surface area contributed by atoms with Gasteiger partial charge in [-0.1, -0.05) is 134 Å². The van der Waals surface area contributed by atoms with E-state index >= 15 is 0 Å². The zero-order valence-corrected chi connectivity index (χ0v) is 29.2. The lowest BCUT2D eigenvalue weighted by molar-refractivity contribution is -0.683. The molecule has 3 rings (SSSR count). The molecule has 0 aliphatic rings. The number of amides is 1. The van der Waals surface area contributed by atoms with Gasteiger partial charge in [0.1, 0.15) is 0 Å². The molecule has 1 N–H and O–H groups in total. The van der Waals surface area contributed by atoms with Crippen LogP contribution >= 0.6 is 11.3 Å². The van der Waals surface area contributed by atoms with Gasteiger partial charge < -0.3 is 31.8 Å². The third-order valence-corrected chi connectivity index (χ3v) is 8.19. The largest absolute Gasteiger partial charge is 1.00 e. The van der Waals surface area contributed by atoms with Crippen molar-refractivity contribution in [2.24, 2.45) is 0 Å². The van der Waals surface area contributed by atoms with Gasteiger partial charge in [-0.05, 0) is 30.0 Å². The van der Waals surface area contributed by atoms with Crippen molar-refractivity contribution in [2.45, 2.75) is 117 Å². The third-order valence-electron chi connectivity index (χ3n) is 7.52. The number of unbranched alkanes of at least 4 members (excludes halogenated alkanes) is 11. The number of nitrogens with one attached hydrogen (secondary N) is 1. The monoisotopic (exact) mass is 672 g/mol. The first kappa shape index (κ1) is 36.8. The average Bonchev–Trinajstić information content (AvgIpc) is 3.48. The van der Waals surface area contributed by atoms with Crippen LogP contribution in [0.15, 0.2) is 59.6 Å². The molecule has 0 radical (unpaired) electrons. The summed E-state index contributed by atoms with van der Waals surface area (Å²) in [6.45, 7) is 10.2. The van der Waals surface area contributed by atoms with E-state index in [1.165, 1.54) is 76.2 Å². The fraction of sp³-hybridized carbons (Fsp3) is 0.556. The quantitative estimate of drug-likeness (QED) is 0.110. The maximum absolute atomic E-state index is 12.7. The highest BCUT2D eigenvalue weighted by atomic mass is 79.9. The number of hydrogen-bond acceptors (Lipinski definition) is 4. The number of para-hydroxylation sites is 1. The van der Waals surface area contributed by atoms with Crippen molar-refractivity contribution in [3.63, 3.8) is 0 Å². The Morgan fingerprint density at radius 1 is 0.837 bits per heavy atom. The average molecular weight is 674 g/mol. The Kier molecular flexibility index (Phi) is 17.6. The molecule has 0 atom stereocenters. The van der Waals surface area contributed by atoms with Gasteiger partial charge in [-0.3, -0.25) is 4.79 Å². The fourth-order valence-corrected chi connectivity index (χ4v) is 5.68. The summed E-state index contributed by atoms with van der Waals surface area (Å²) in [4.78, 5) is 12.7. The summed E-state index contributed by atoms with van der Waals surface area (Å²) < 4.78 is 14.5. The minimum absolute atomic E-state index is 0. The molecule has 0 unspecified atom stereocenters. The SMILES string of the molecule is CCCCCCCCCCCCCCOc1c(OCC(=O)Nc2ccc(C[n+]3ccsc3)cc2)cccc1C(C)(C)C.[Br-]. The summed E-state index contributed by atoms with van der Waals surface area (Å²) in [5.74, 6) is 1.19. The highest BCUT2D eigenvalue weighted by Crippen LogP contribution is 2.38. The van der Waals surface area contributed by atoms with Crippen molar-refractivity contribution in [3.8, 4) is 11.5 Å². The molecule has 2 aromatic carbocycles. The molecule has 3 aromatic rings. The first-order valence-electron chi connectivity index (χ1n) is 16.1. The Balaban J connectivity index is 0.00000645. The van der Waals surface area contributed by atoms with Gasteiger partial charge in [-0.25, -0.2) is 0 Å². The molecule has 238 valence electrons. The summed E-state index contributed by atoms with van der Waals surface area (Å²) in [5.41, 5.74) is 5.02. The van der Waals surface area contributed by atoms with E-state index < -0.39 is 0 Å². The number of benzene rings is 2. The van der Waals surface area contributed by atoms with Gasteiger partial charge in [-0.15, -0.1) is 0 Å². The maximum Gasteiger partial charge on any atom is 0.262 e. The number of ether oxygens (including phenoxy) is 2. The van der Waals surface area contributed by atoms with E-state index in [-0.39, 0.29) is 34.9 Å². The number of carbonyl (C=O) groups is 1. The molecule has 5 nitrogen and oxygen atoms in total. The van der Waals surface area contributed by atoms with E-state index in [0.717, 1.165) is 30.0 Å². The van der Waals surface area contributed by atoms with E-state index in [2.05, 4.69) is 60.7 Å². The van der Waals surface area contributed by atoms with Gasteiger partial charge in [0, 0.05) is 16.8 Å². The molecule has 0 spiro atoms. The molecule has 0 fully saturated rings. The third kappa shape index (κ3) is 14.3. The maximum atomic E-state index is 12.7. The molecule has 0 aliphatic heterocycles. The van der Waals surface area contributed by atoms with E-state index in [0.29, 0.717) is 12.4 Å². The molecular formula is C36H53BrN2O3S. The van der Waals surface area contributed by atoms with Crippen LogP contribution in [0.5, 0.6) is 11.5 Å². The summed E-state index contributed by atoms with van der Waals surface area (Å²) in [6, 6.07) is 13.9. The van der Waals surface area contributed by atoms with Crippen molar-refractivity contribution in [3.05, 3.63) is 70.7 Å². The van der Waals surface area contributed by atoms with Crippen LogP contribution < -0.4 is 36.3 Å². The molecule has 0 bridgehead atoms. The number of nitrogens with zero attached hydrogens (tertiary/aromatic N) is 1. The molecule has 1 amide bonds. The van der Waals surface area contributed by atoms with Gasteiger partial charge in [0.05, 0.1) is 12.0 Å². The van der Waals surface area contributed by atoms with Crippen LogP contribution in [0.3, 0.4) is 0 Å². The van der Waals surface area contributed by atoms with Gasteiger partial charge in [0.2, 0.25) is 5.51 Å². The van der Waals surface area contributed by atoms with Crippen molar-refractivity contribution in [1.29, 1.82) is 0 Å². The van der Waals surface area contributed by atoms with Gasteiger partial charge in [0.25, 0.3) is 5.91 Å². The first-order chi connectivity index (χ1) is 20.4. The summed E-state index contributed by atoms with van der Waals surface area (Å²) in [7, 11) is 0. The van der Waals surface area contributed by atoms with Crippen molar-refractivity contribution in [1.82, 2.24) is 0 Å². The standard InChI is InChI=1S/C36H52N2O3S.BrH/c1-5-6-7-8-9-10-11-12-13-14-15-16-25-40-35-32(36(2,3)4)18-17-19-33(35)41-28-34(39)37-31-22-20-30(21-23-31)27-38-24-26-42-29-38;/h17-24,26,29H,5-16,25,27-28H2,1-4H3;1H. The molecule has 1 heterocycles. The van der Waals surface area contributed by atoms with Crippen molar-refractivity contribution in [2.75, 3.05) is 18.5 Å². The zero-order valence-electron chi connectivity index (χ0n) is 26.8. The Labute approximate surface area is 275 Å². The Morgan fingerprint density at radius 2 is 1.47 bits per heavy atom. The summed E-state index contributed by atoms with van der Waals surface area (Å²) in [6.07, 6.45) is 17.9. The van der Waals surface area contributed by atoms with Gasteiger partial charge >= 0.3 is 0 Å². The lowest BCUT2D eigenvalue weighted by Crippen LogP contribution is -3.00. The molecule has 0 saturated carbocycles. The Hall–Kier alpha value is -2.38. The zero-order chi connectivity index (χ0) is 30.0. The molecule has 7 heteroatoms. The van der Waals surface area contributed by atoms with Crippen LogP contribution in [0.25, 0.3) is 0 Å². The van der Waals surface area contributed by atoms with Crippen LogP contribution in [0.2, 0.25) is 0 Å². The number of halogens is 1. The van der Waals surface area contributed by atoms with Crippen LogP contribution in [0.4, 0.5) is 5.69 Å². The van der Waals surface area contributed by atoms with Gasteiger partial charge in [-0.2, -0.15) is 4.57 Å². The van der Waals surface area contributed by atoms with Crippen LogP contribution in [-0.2, 0) is 16.8 Å². The van der Waals surface area contributed by atoms with Crippen molar-refractivity contribution < 1.29 is 35.8 Å². The lowest BCUT2D eigenvalue weighted by atomic mass is 9.86. The molecule has 0 saturated heterocycles. The second kappa shape index (κ2) is 20.6. The number of rotatable bonds is 20. The smallest absolute Gasteiger partial charge is 0.262 e. The highest BCUT2D eigenvalue weighted by molar-refractivity contribution is 7.07. The normalized spacial score (nSPS) is 11.2. The summed E-state index contributed by atoms with van der Waals surface area (Å²) in [5, 5.41) is 5.01. The highest BCUT2D eigenvalue weighted by Gasteiger charge is 2.22. The van der Waals surface area contributed by atoms with Crippen LogP contribution in [0, 0.1) is 0 Å². The summed E-state index contributed by atoms with van der Waals surface area (Å²) >= 11 is 1.67. The minimum Gasteiger partial charge on any atom is -1.00 e. The number of hydrogen-bond donors (Lipinski definition) is 1. The number of carbonyl (C=O) groups excluding carboxylic acids is 1. The first-order valence-corrected chi connectivity index (χ1v) is 17.0. The van der Waals surface area contributed by atoms with E-state index in [4.69, 9.17) is 9.47 Å². The van der Waals surface area contributed by atoms with Crippen molar-refractivity contribution >= 4 is 22.9 Å². The molecule has 0 aliphatic carbocycles. The molecule has 43 heavy (non-hydrogen) atoms. The van der Waals surface area contributed by atoms with E-state index in [1.807, 2.05) is 36.4 Å².